The molecule has 0 aromatic rings. The van der Waals surface area contributed by atoms with Gasteiger partial charge in [0.2, 0.25) is 0 Å². The van der Waals surface area contributed by atoms with Crippen LogP contribution in [0.4, 0.5) is 0 Å². The minimum Gasteiger partial charge on any atom is -0.462 e. The second-order valence-electron chi connectivity index (χ2n) is 15.8. The smallest absolute Gasteiger partial charge is 0.306 e. The number of allylic oxidation sites excluding steroid dienone is 12. The van der Waals surface area contributed by atoms with Crippen molar-refractivity contribution >= 4 is 11.9 Å². The van der Waals surface area contributed by atoms with E-state index in [2.05, 4.69) is 86.8 Å². The average Bonchev–Trinajstić information content (AvgIpc) is 3.25. The monoisotopic (exact) mass is 845 g/mol. The predicted octanol–water partition coefficient (Wildman–Crippen LogP) is 10.4. The van der Waals surface area contributed by atoms with Gasteiger partial charge in [-0.15, -0.1) is 0 Å². The third kappa shape index (κ3) is 31.1. The normalized spacial score (nSPS) is 20.5. The van der Waals surface area contributed by atoms with Gasteiger partial charge in [-0.2, -0.15) is 0 Å². The Labute approximate surface area is 363 Å². The van der Waals surface area contributed by atoms with Crippen molar-refractivity contribution in [1.29, 1.82) is 0 Å². The van der Waals surface area contributed by atoms with Crippen LogP contribution in [0.3, 0.4) is 0 Å². The Morgan fingerprint density at radius 2 is 0.983 bits per heavy atom. The third-order valence-corrected chi connectivity index (χ3v) is 10.3. The minimum atomic E-state index is -1.60. The molecule has 60 heavy (non-hydrogen) atoms. The topological polar surface area (TPSA) is 152 Å². The van der Waals surface area contributed by atoms with Gasteiger partial charge < -0.3 is 39.4 Å². The summed E-state index contributed by atoms with van der Waals surface area (Å²) >= 11 is 0. The van der Waals surface area contributed by atoms with Crippen LogP contribution in [0.2, 0.25) is 0 Å². The van der Waals surface area contributed by atoms with Crippen LogP contribution in [0.25, 0.3) is 0 Å². The van der Waals surface area contributed by atoms with Gasteiger partial charge in [-0.1, -0.05) is 157 Å². The maximum Gasteiger partial charge on any atom is 0.306 e. The van der Waals surface area contributed by atoms with Crippen molar-refractivity contribution in [1.82, 2.24) is 0 Å². The fourth-order valence-electron chi connectivity index (χ4n) is 6.61. The Kier molecular flexibility index (Phi) is 37.0. The lowest BCUT2D eigenvalue weighted by Crippen LogP contribution is -2.59. The van der Waals surface area contributed by atoms with E-state index in [1.807, 2.05) is 0 Å². The number of rotatable bonds is 38. The fourth-order valence-corrected chi connectivity index (χ4v) is 6.61. The first-order chi connectivity index (χ1) is 29.3. The molecule has 1 fully saturated rings. The van der Waals surface area contributed by atoms with Gasteiger partial charge in [0.05, 0.1) is 13.2 Å². The van der Waals surface area contributed by atoms with E-state index in [1.54, 1.807) is 0 Å². The number of carbonyl (C=O) groups is 2. The van der Waals surface area contributed by atoms with Crippen molar-refractivity contribution in [2.45, 2.75) is 211 Å². The summed E-state index contributed by atoms with van der Waals surface area (Å²) in [6, 6.07) is 0. The number of aliphatic hydroxyl groups excluding tert-OH is 4. The van der Waals surface area contributed by atoms with Crippen LogP contribution in [0.5, 0.6) is 0 Å². The highest BCUT2D eigenvalue weighted by atomic mass is 16.7. The van der Waals surface area contributed by atoms with Crippen LogP contribution < -0.4 is 0 Å². The number of esters is 2. The number of ether oxygens (including phenoxy) is 4. The molecule has 1 rings (SSSR count). The SMILES string of the molecule is CC/C=C\C/C=C\C/C=C\C/C=C\CCCCCCCCCCC(=O)OC(COC(=O)CCCCCCC/C=C\C/C=C\CCCC)COC1OC(CO)C(O)C(O)C1O. The van der Waals surface area contributed by atoms with Crippen molar-refractivity contribution in [3.8, 4) is 0 Å². The zero-order valence-electron chi connectivity index (χ0n) is 37.4. The highest BCUT2D eigenvalue weighted by Crippen LogP contribution is 2.22. The van der Waals surface area contributed by atoms with Crippen molar-refractivity contribution in [2.75, 3.05) is 19.8 Å². The Bertz CT molecular complexity index is 1210. The minimum absolute atomic E-state index is 0.214. The van der Waals surface area contributed by atoms with Crippen molar-refractivity contribution in [3.05, 3.63) is 72.9 Å². The summed E-state index contributed by atoms with van der Waals surface area (Å²) in [5.74, 6) is -0.837. The van der Waals surface area contributed by atoms with Crippen LogP contribution >= 0.6 is 0 Å². The van der Waals surface area contributed by atoms with E-state index in [-0.39, 0.29) is 26.1 Å². The number of hydrogen-bond donors (Lipinski definition) is 4. The van der Waals surface area contributed by atoms with Crippen LogP contribution in [-0.2, 0) is 28.5 Å². The van der Waals surface area contributed by atoms with E-state index in [1.165, 1.54) is 38.5 Å². The predicted molar refractivity (Wildman–Crippen MR) is 242 cm³/mol. The van der Waals surface area contributed by atoms with Gasteiger partial charge in [-0.05, 0) is 77.0 Å². The zero-order valence-corrected chi connectivity index (χ0v) is 37.4. The summed E-state index contributed by atoms with van der Waals surface area (Å²) in [5.41, 5.74) is 0. The third-order valence-electron chi connectivity index (χ3n) is 10.3. The Hall–Kier alpha value is -2.86. The lowest BCUT2D eigenvalue weighted by Gasteiger charge is -2.39. The molecular formula is C50H84O10. The average molecular weight is 845 g/mol. The Balaban J connectivity index is 2.31. The molecular weight excluding hydrogens is 761 g/mol. The molecule has 0 aromatic heterocycles. The summed E-state index contributed by atoms with van der Waals surface area (Å²) < 4.78 is 22.2. The Morgan fingerprint density at radius 3 is 1.48 bits per heavy atom. The molecule has 1 aliphatic rings. The first-order valence-electron chi connectivity index (χ1n) is 23.5. The van der Waals surface area contributed by atoms with Crippen molar-refractivity contribution < 1.29 is 49.0 Å². The summed E-state index contributed by atoms with van der Waals surface area (Å²) in [4.78, 5) is 25.4. The molecule has 0 saturated carbocycles. The van der Waals surface area contributed by atoms with Gasteiger partial charge in [0.15, 0.2) is 12.4 Å². The van der Waals surface area contributed by atoms with Gasteiger partial charge >= 0.3 is 11.9 Å². The largest absolute Gasteiger partial charge is 0.462 e. The highest BCUT2D eigenvalue weighted by molar-refractivity contribution is 5.70. The number of unbranched alkanes of at least 4 members (excludes halogenated alkanes) is 15. The zero-order chi connectivity index (χ0) is 43.7. The maximum absolute atomic E-state index is 12.8. The molecule has 0 radical (unpaired) electrons. The first-order valence-corrected chi connectivity index (χ1v) is 23.5. The second kappa shape index (κ2) is 40.2. The van der Waals surface area contributed by atoms with Gasteiger partial charge in [-0.3, -0.25) is 9.59 Å². The van der Waals surface area contributed by atoms with Crippen LogP contribution in [0.1, 0.15) is 174 Å². The quantitative estimate of drug-likeness (QED) is 0.0268. The summed E-state index contributed by atoms with van der Waals surface area (Å²) in [7, 11) is 0. The lowest BCUT2D eigenvalue weighted by molar-refractivity contribution is -0.305. The molecule has 10 nitrogen and oxygen atoms in total. The van der Waals surface area contributed by atoms with E-state index >= 15 is 0 Å². The maximum atomic E-state index is 12.8. The van der Waals surface area contributed by atoms with Gasteiger partial charge in [0.25, 0.3) is 0 Å². The fraction of sp³-hybridized carbons (Fsp3) is 0.720. The number of aliphatic hydroxyl groups is 4. The molecule has 0 aliphatic carbocycles. The molecule has 1 saturated heterocycles. The van der Waals surface area contributed by atoms with E-state index in [9.17, 15) is 30.0 Å². The standard InChI is InChI=1S/C50H84O10/c1-3-5-7-9-11-13-15-17-19-20-21-22-23-24-25-27-29-31-33-35-37-39-46(53)59-43(42-58-50-49(56)48(55)47(54)44(40-51)60-50)41-57-45(52)38-36-34-32-30-28-26-18-16-14-12-10-8-6-4-2/h5,7,10-13,16-19,21-22,43-44,47-51,54-56H,3-4,6,8-9,14-15,20,23-42H2,1-2H3/b7-5-,12-10-,13-11-,18-16-,19-17-,22-21-. The van der Waals surface area contributed by atoms with E-state index in [0.717, 1.165) is 96.3 Å². The first kappa shape index (κ1) is 55.2. The molecule has 10 heteroatoms. The van der Waals surface area contributed by atoms with Crippen LogP contribution in [0.15, 0.2) is 72.9 Å². The molecule has 0 bridgehead atoms. The van der Waals surface area contributed by atoms with E-state index in [0.29, 0.717) is 12.8 Å². The highest BCUT2D eigenvalue weighted by Gasteiger charge is 2.44. The molecule has 1 aliphatic heterocycles. The molecule has 344 valence electrons. The van der Waals surface area contributed by atoms with Crippen molar-refractivity contribution in [2.24, 2.45) is 0 Å². The van der Waals surface area contributed by atoms with Gasteiger partial charge in [0.1, 0.15) is 31.0 Å². The molecule has 0 aromatic carbocycles. The molecule has 6 atom stereocenters. The number of carbonyl (C=O) groups excluding carboxylic acids is 2. The second-order valence-corrected chi connectivity index (χ2v) is 15.8. The van der Waals surface area contributed by atoms with Gasteiger partial charge in [0, 0.05) is 12.8 Å². The van der Waals surface area contributed by atoms with Gasteiger partial charge in [-0.25, -0.2) is 0 Å². The summed E-state index contributed by atoms with van der Waals surface area (Å²) in [6.45, 7) is 3.24. The molecule has 0 amide bonds. The van der Waals surface area contributed by atoms with E-state index < -0.39 is 55.4 Å². The molecule has 0 spiro atoms. The summed E-state index contributed by atoms with van der Waals surface area (Å²) in [6.07, 6.45) is 43.3. The lowest BCUT2D eigenvalue weighted by atomic mass is 9.99. The molecule has 4 N–H and O–H groups in total. The van der Waals surface area contributed by atoms with Crippen LogP contribution in [0, 0.1) is 0 Å². The summed E-state index contributed by atoms with van der Waals surface area (Å²) in [5, 5.41) is 40.1. The Morgan fingerprint density at radius 1 is 0.533 bits per heavy atom. The molecule has 1 heterocycles. The number of hydrogen-bond acceptors (Lipinski definition) is 10. The van der Waals surface area contributed by atoms with Crippen molar-refractivity contribution in [3.63, 3.8) is 0 Å². The van der Waals surface area contributed by atoms with E-state index in [4.69, 9.17) is 18.9 Å². The molecule has 6 unspecified atom stereocenters. The van der Waals surface area contributed by atoms with Crippen LogP contribution in [-0.4, -0.2) is 89.0 Å².